The molecule has 0 saturated carbocycles. The van der Waals surface area contributed by atoms with Crippen LogP contribution in [0.2, 0.25) is 0 Å². The highest BCUT2D eigenvalue weighted by Crippen LogP contribution is 2.17. The molecule has 2 nitrogen and oxygen atoms in total. The number of unbranched alkanes of at least 4 members (excludes halogenated alkanes) is 1. The summed E-state index contributed by atoms with van der Waals surface area (Å²) in [4.78, 5) is 2.71. The Morgan fingerprint density at radius 3 is 2.81 bits per heavy atom. The number of likely N-dealkylation sites (tertiary alicyclic amines) is 1. The molecule has 0 radical (unpaired) electrons. The number of hydrogen-bond donors (Lipinski definition) is 1. The van der Waals surface area contributed by atoms with Gasteiger partial charge in [0, 0.05) is 12.1 Å². The summed E-state index contributed by atoms with van der Waals surface area (Å²) in [7, 11) is 2.06. The SMILES string of the molecule is CNC(C)CCCCN1CCCCCC1C. The first-order valence-electron chi connectivity index (χ1n) is 7.15. The van der Waals surface area contributed by atoms with Crippen LogP contribution in [0.3, 0.4) is 0 Å². The molecule has 0 amide bonds. The van der Waals surface area contributed by atoms with E-state index in [1.807, 2.05) is 0 Å². The molecular weight excluding hydrogens is 196 g/mol. The molecule has 2 unspecified atom stereocenters. The van der Waals surface area contributed by atoms with Gasteiger partial charge in [0.2, 0.25) is 0 Å². The van der Waals surface area contributed by atoms with Crippen LogP contribution in [0.1, 0.15) is 58.8 Å². The van der Waals surface area contributed by atoms with E-state index < -0.39 is 0 Å². The van der Waals surface area contributed by atoms with Crippen LogP contribution in [-0.2, 0) is 0 Å². The molecule has 16 heavy (non-hydrogen) atoms. The Balaban J connectivity index is 2.10. The van der Waals surface area contributed by atoms with Gasteiger partial charge >= 0.3 is 0 Å². The minimum atomic E-state index is 0.682. The van der Waals surface area contributed by atoms with Gasteiger partial charge in [0.05, 0.1) is 0 Å². The number of nitrogens with one attached hydrogen (secondary N) is 1. The molecule has 1 saturated heterocycles. The van der Waals surface area contributed by atoms with E-state index in [1.165, 1.54) is 58.0 Å². The fourth-order valence-electron chi connectivity index (χ4n) is 2.58. The Morgan fingerprint density at radius 2 is 2.06 bits per heavy atom. The van der Waals surface area contributed by atoms with Crippen molar-refractivity contribution in [2.75, 3.05) is 20.1 Å². The van der Waals surface area contributed by atoms with Crippen molar-refractivity contribution < 1.29 is 0 Å². The lowest BCUT2D eigenvalue weighted by Gasteiger charge is -2.26. The zero-order valence-corrected chi connectivity index (χ0v) is 11.5. The third-order valence-corrected chi connectivity index (χ3v) is 4.02. The zero-order valence-electron chi connectivity index (χ0n) is 11.5. The van der Waals surface area contributed by atoms with E-state index in [4.69, 9.17) is 0 Å². The topological polar surface area (TPSA) is 15.3 Å². The molecule has 1 N–H and O–H groups in total. The van der Waals surface area contributed by atoms with Crippen LogP contribution < -0.4 is 5.32 Å². The largest absolute Gasteiger partial charge is 0.317 e. The fraction of sp³-hybridized carbons (Fsp3) is 1.00. The van der Waals surface area contributed by atoms with Gasteiger partial charge in [-0.3, -0.25) is 0 Å². The summed E-state index contributed by atoms with van der Waals surface area (Å²) in [5, 5.41) is 3.31. The number of rotatable bonds is 6. The lowest BCUT2D eigenvalue weighted by molar-refractivity contribution is 0.208. The van der Waals surface area contributed by atoms with Crippen molar-refractivity contribution in [3.63, 3.8) is 0 Å². The maximum Gasteiger partial charge on any atom is 0.00669 e. The average Bonchev–Trinajstić information content (AvgIpc) is 2.49. The molecule has 0 bridgehead atoms. The van der Waals surface area contributed by atoms with Gasteiger partial charge in [-0.2, -0.15) is 0 Å². The van der Waals surface area contributed by atoms with Gasteiger partial charge in [0.15, 0.2) is 0 Å². The van der Waals surface area contributed by atoms with Crippen molar-refractivity contribution in [2.24, 2.45) is 0 Å². The molecule has 0 spiro atoms. The van der Waals surface area contributed by atoms with E-state index in [0.717, 1.165) is 6.04 Å². The van der Waals surface area contributed by atoms with E-state index in [0.29, 0.717) is 6.04 Å². The molecule has 1 rings (SSSR count). The Morgan fingerprint density at radius 1 is 1.25 bits per heavy atom. The second-order valence-electron chi connectivity index (χ2n) is 5.42. The normalized spacial score (nSPS) is 25.3. The molecule has 0 aromatic rings. The highest BCUT2D eigenvalue weighted by atomic mass is 15.1. The van der Waals surface area contributed by atoms with Gasteiger partial charge < -0.3 is 10.2 Å². The first kappa shape index (κ1) is 14.0. The molecule has 0 aromatic heterocycles. The molecule has 1 heterocycles. The van der Waals surface area contributed by atoms with Crippen LogP contribution in [-0.4, -0.2) is 37.1 Å². The molecule has 1 aliphatic heterocycles. The molecule has 2 atom stereocenters. The van der Waals surface area contributed by atoms with Crippen LogP contribution in [0, 0.1) is 0 Å². The first-order valence-corrected chi connectivity index (χ1v) is 7.15. The molecule has 2 heteroatoms. The molecule has 0 aliphatic carbocycles. The standard InChI is InChI=1S/C14H30N2/c1-13(15-3)9-6-8-12-16-11-7-4-5-10-14(16)2/h13-15H,4-12H2,1-3H3. The number of hydrogen-bond acceptors (Lipinski definition) is 2. The quantitative estimate of drug-likeness (QED) is 0.700. The van der Waals surface area contributed by atoms with Crippen molar-refractivity contribution in [3.05, 3.63) is 0 Å². The van der Waals surface area contributed by atoms with Crippen molar-refractivity contribution in [3.8, 4) is 0 Å². The Kier molecular flexibility index (Phi) is 7.06. The monoisotopic (exact) mass is 226 g/mol. The first-order chi connectivity index (χ1) is 7.74. The lowest BCUT2D eigenvalue weighted by atomic mass is 10.1. The van der Waals surface area contributed by atoms with E-state index in [9.17, 15) is 0 Å². The second-order valence-corrected chi connectivity index (χ2v) is 5.42. The van der Waals surface area contributed by atoms with Crippen LogP contribution in [0.4, 0.5) is 0 Å². The van der Waals surface area contributed by atoms with Gasteiger partial charge in [-0.15, -0.1) is 0 Å². The highest BCUT2D eigenvalue weighted by molar-refractivity contribution is 4.71. The molecule has 1 aliphatic rings. The summed E-state index contributed by atoms with van der Waals surface area (Å²) >= 11 is 0. The van der Waals surface area contributed by atoms with Gasteiger partial charge in [-0.05, 0) is 59.7 Å². The Bertz CT molecular complexity index is 170. The average molecular weight is 226 g/mol. The maximum atomic E-state index is 3.31. The summed E-state index contributed by atoms with van der Waals surface area (Å²) < 4.78 is 0. The van der Waals surface area contributed by atoms with E-state index in [2.05, 4.69) is 31.1 Å². The van der Waals surface area contributed by atoms with E-state index in [1.54, 1.807) is 0 Å². The minimum Gasteiger partial charge on any atom is -0.317 e. The predicted octanol–water partition coefficient (Wildman–Crippen LogP) is 3.03. The van der Waals surface area contributed by atoms with Crippen LogP contribution in [0.5, 0.6) is 0 Å². The summed E-state index contributed by atoms with van der Waals surface area (Å²) in [5.74, 6) is 0. The van der Waals surface area contributed by atoms with Crippen LogP contribution in [0.15, 0.2) is 0 Å². The van der Waals surface area contributed by atoms with Gasteiger partial charge in [0.1, 0.15) is 0 Å². The smallest absolute Gasteiger partial charge is 0.00669 e. The zero-order chi connectivity index (χ0) is 11.8. The summed E-state index contributed by atoms with van der Waals surface area (Å²) in [5.41, 5.74) is 0. The minimum absolute atomic E-state index is 0.682. The Labute approximate surface area is 102 Å². The van der Waals surface area contributed by atoms with Crippen molar-refractivity contribution in [1.29, 1.82) is 0 Å². The molecule has 96 valence electrons. The second kappa shape index (κ2) is 8.08. The maximum absolute atomic E-state index is 3.31. The van der Waals surface area contributed by atoms with Gasteiger partial charge in [0.25, 0.3) is 0 Å². The third kappa shape index (κ3) is 5.31. The molecule has 0 aromatic carbocycles. The van der Waals surface area contributed by atoms with Gasteiger partial charge in [-0.25, -0.2) is 0 Å². The highest BCUT2D eigenvalue weighted by Gasteiger charge is 2.15. The number of nitrogens with zero attached hydrogens (tertiary/aromatic N) is 1. The van der Waals surface area contributed by atoms with Crippen LogP contribution >= 0.6 is 0 Å². The molecular formula is C14H30N2. The van der Waals surface area contributed by atoms with Crippen molar-refractivity contribution in [2.45, 2.75) is 70.9 Å². The fourth-order valence-corrected chi connectivity index (χ4v) is 2.58. The summed E-state index contributed by atoms with van der Waals surface area (Å²) in [6, 6.07) is 1.51. The van der Waals surface area contributed by atoms with E-state index in [-0.39, 0.29) is 0 Å². The van der Waals surface area contributed by atoms with Crippen LogP contribution in [0.25, 0.3) is 0 Å². The predicted molar refractivity (Wildman–Crippen MR) is 71.9 cm³/mol. The van der Waals surface area contributed by atoms with Gasteiger partial charge in [-0.1, -0.05) is 19.3 Å². The summed E-state index contributed by atoms with van der Waals surface area (Å²) in [6.45, 7) is 7.33. The summed E-state index contributed by atoms with van der Waals surface area (Å²) in [6.07, 6.45) is 9.76. The third-order valence-electron chi connectivity index (χ3n) is 4.02. The van der Waals surface area contributed by atoms with E-state index >= 15 is 0 Å². The molecule has 1 fully saturated rings. The lowest BCUT2D eigenvalue weighted by Crippen LogP contribution is -2.33. The van der Waals surface area contributed by atoms with Crippen molar-refractivity contribution in [1.82, 2.24) is 10.2 Å². The van der Waals surface area contributed by atoms with Crippen molar-refractivity contribution >= 4 is 0 Å². The Hall–Kier alpha value is -0.0800.